The van der Waals surface area contributed by atoms with E-state index in [1.54, 1.807) is 17.4 Å². The second-order valence-electron chi connectivity index (χ2n) is 5.12. The van der Waals surface area contributed by atoms with Crippen LogP contribution in [0.3, 0.4) is 0 Å². The van der Waals surface area contributed by atoms with Gasteiger partial charge in [0.25, 0.3) is 0 Å². The van der Waals surface area contributed by atoms with Crippen molar-refractivity contribution in [3.05, 3.63) is 41.9 Å². The van der Waals surface area contributed by atoms with Crippen LogP contribution >= 0.6 is 11.3 Å². The molecule has 0 N–H and O–H groups in total. The van der Waals surface area contributed by atoms with Crippen LogP contribution in [0.5, 0.6) is 0 Å². The highest BCUT2D eigenvalue weighted by atomic mass is 32.1. The quantitative estimate of drug-likeness (QED) is 0.727. The molecule has 0 radical (unpaired) electrons. The Hall–Kier alpha value is -2.28. The molecule has 4 rings (SSSR count). The van der Waals surface area contributed by atoms with Gasteiger partial charge >= 0.3 is 0 Å². The van der Waals surface area contributed by atoms with Gasteiger partial charge in [0.15, 0.2) is 5.13 Å². The fourth-order valence-electron chi connectivity index (χ4n) is 2.77. The number of anilines is 2. The highest BCUT2D eigenvalue weighted by Crippen LogP contribution is 2.26. The number of benzene rings is 1. The maximum atomic E-state index is 13.9. The molecule has 1 aliphatic heterocycles. The maximum absolute atomic E-state index is 13.9. The average Bonchev–Trinajstić information content (AvgIpc) is 3.10. The molecule has 7 heteroatoms. The number of fused-ring (bicyclic) bond motifs is 1. The molecule has 112 valence electrons. The number of hydrogen-bond donors (Lipinski definition) is 0. The molecule has 0 saturated carbocycles. The molecule has 5 nitrogen and oxygen atoms in total. The number of halogens is 1. The maximum Gasteiger partial charge on any atom is 0.185 e. The molecule has 1 aliphatic rings. The molecule has 0 spiro atoms. The Morgan fingerprint density at radius 2 is 1.82 bits per heavy atom. The Balaban J connectivity index is 1.60. The summed E-state index contributed by atoms with van der Waals surface area (Å²) < 4.78 is 13.9. The van der Waals surface area contributed by atoms with E-state index in [0.29, 0.717) is 5.52 Å². The summed E-state index contributed by atoms with van der Waals surface area (Å²) in [4.78, 5) is 17.2. The van der Waals surface area contributed by atoms with Crippen molar-refractivity contribution in [1.82, 2.24) is 15.0 Å². The van der Waals surface area contributed by atoms with Gasteiger partial charge in [-0.05, 0) is 12.1 Å². The van der Waals surface area contributed by atoms with E-state index >= 15 is 0 Å². The molecule has 3 heterocycles. The summed E-state index contributed by atoms with van der Waals surface area (Å²) >= 11 is 1.65. The van der Waals surface area contributed by atoms with Gasteiger partial charge in [0, 0.05) is 43.1 Å². The summed E-state index contributed by atoms with van der Waals surface area (Å²) in [5, 5.41) is 3.81. The third-order valence-electron chi connectivity index (χ3n) is 3.86. The van der Waals surface area contributed by atoms with Crippen molar-refractivity contribution in [2.45, 2.75) is 0 Å². The topological polar surface area (TPSA) is 45.2 Å². The Morgan fingerprint density at radius 3 is 2.59 bits per heavy atom. The molecular weight excluding hydrogens is 301 g/mol. The van der Waals surface area contributed by atoms with Crippen molar-refractivity contribution in [2.75, 3.05) is 36.0 Å². The zero-order valence-corrected chi connectivity index (χ0v) is 12.6. The highest BCUT2D eigenvalue weighted by Gasteiger charge is 2.21. The largest absolute Gasteiger partial charge is 0.352 e. The predicted octanol–water partition coefficient (Wildman–Crippen LogP) is 2.55. The number of nitrogens with zero attached hydrogens (tertiary/aromatic N) is 5. The van der Waals surface area contributed by atoms with Crippen LogP contribution in [-0.2, 0) is 0 Å². The zero-order valence-electron chi connectivity index (χ0n) is 11.8. The Kier molecular flexibility index (Phi) is 3.34. The first-order chi connectivity index (χ1) is 10.8. The van der Waals surface area contributed by atoms with E-state index in [2.05, 4.69) is 24.8 Å². The van der Waals surface area contributed by atoms with Crippen LogP contribution in [0.4, 0.5) is 15.3 Å². The lowest BCUT2D eigenvalue weighted by Crippen LogP contribution is -2.46. The van der Waals surface area contributed by atoms with Crippen molar-refractivity contribution >= 4 is 33.2 Å². The van der Waals surface area contributed by atoms with Crippen LogP contribution < -0.4 is 9.80 Å². The predicted molar refractivity (Wildman–Crippen MR) is 86.0 cm³/mol. The Bertz CT molecular complexity index is 784. The first-order valence-electron chi connectivity index (χ1n) is 7.11. The van der Waals surface area contributed by atoms with Crippen LogP contribution in [0, 0.1) is 5.82 Å². The van der Waals surface area contributed by atoms with Crippen LogP contribution in [-0.4, -0.2) is 41.1 Å². The second kappa shape index (κ2) is 5.49. The van der Waals surface area contributed by atoms with Gasteiger partial charge in [0.05, 0.1) is 0 Å². The number of thiazole rings is 1. The fourth-order valence-corrected chi connectivity index (χ4v) is 3.47. The molecular formula is C15H14FN5S. The molecule has 1 fully saturated rings. The van der Waals surface area contributed by atoms with E-state index in [1.165, 1.54) is 12.4 Å². The summed E-state index contributed by atoms with van der Waals surface area (Å²) in [5.74, 6) is 0.505. The first-order valence-corrected chi connectivity index (χ1v) is 7.99. The summed E-state index contributed by atoms with van der Waals surface area (Å²) in [6.07, 6.45) is 3.26. The van der Waals surface area contributed by atoms with Gasteiger partial charge in [0.2, 0.25) is 0 Å². The lowest BCUT2D eigenvalue weighted by molar-refractivity contribution is 0.634. The fraction of sp³-hybridized carbons (Fsp3) is 0.267. The summed E-state index contributed by atoms with van der Waals surface area (Å²) in [6.45, 7) is 3.44. The monoisotopic (exact) mass is 315 g/mol. The van der Waals surface area contributed by atoms with E-state index in [4.69, 9.17) is 0 Å². The lowest BCUT2D eigenvalue weighted by atomic mass is 10.2. The standard InChI is InChI=1S/C15H14FN5S/c16-12-3-1-2-11-13(12)18-10-19-14(11)20-5-7-21(8-6-20)15-17-4-9-22-15/h1-4,9-10H,5-8H2. The van der Waals surface area contributed by atoms with Gasteiger partial charge < -0.3 is 9.80 Å². The molecule has 2 aromatic heterocycles. The van der Waals surface area contributed by atoms with E-state index < -0.39 is 0 Å². The zero-order chi connectivity index (χ0) is 14.9. The first kappa shape index (κ1) is 13.4. The number of para-hydroxylation sites is 1. The van der Waals surface area contributed by atoms with Crippen LogP contribution in [0.15, 0.2) is 36.1 Å². The van der Waals surface area contributed by atoms with Crippen LogP contribution in [0.25, 0.3) is 10.9 Å². The van der Waals surface area contributed by atoms with Gasteiger partial charge in [-0.3, -0.25) is 0 Å². The van der Waals surface area contributed by atoms with Gasteiger partial charge in [-0.2, -0.15) is 0 Å². The Morgan fingerprint density at radius 1 is 1.00 bits per heavy atom. The van der Waals surface area contributed by atoms with Crippen molar-refractivity contribution in [2.24, 2.45) is 0 Å². The molecule has 0 aliphatic carbocycles. The minimum Gasteiger partial charge on any atom is -0.352 e. The third kappa shape index (κ3) is 2.27. The van der Waals surface area contributed by atoms with E-state index in [-0.39, 0.29) is 5.82 Å². The second-order valence-corrected chi connectivity index (χ2v) is 6.00. The van der Waals surface area contributed by atoms with Gasteiger partial charge in [-0.1, -0.05) is 6.07 Å². The van der Waals surface area contributed by atoms with E-state index in [1.807, 2.05) is 17.6 Å². The van der Waals surface area contributed by atoms with Crippen molar-refractivity contribution < 1.29 is 4.39 Å². The van der Waals surface area contributed by atoms with Gasteiger partial charge in [0.1, 0.15) is 23.5 Å². The van der Waals surface area contributed by atoms with Crippen molar-refractivity contribution in [1.29, 1.82) is 0 Å². The molecule has 0 unspecified atom stereocenters. The summed E-state index contributed by atoms with van der Waals surface area (Å²) in [5.41, 5.74) is 0.384. The molecule has 1 aromatic carbocycles. The molecule has 1 saturated heterocycles. The smallest absolute Gasteiger partial charge is 0.185 e. The highest BCUT2D eigenvalue weighted by molar-refractivity contribution is 7.13. The molecule has 0 bridgehead atoms. The van der Waals surface area contributed by atoms with Crippen LogP contribution in [0.2, 0.25) is 0 Å². The molecule has 22 heavy (non-hydrogen) atoms. The minimum atomic E-state index is -0.303. The average molecular weight is 315 g/mol. The minimum absolute atomic E-state index is 0.303. The molecule has 0 amide bonds. The van der Waals surface area contributed by atoms with E-state index in [9.17, 15) is 4.39 Å². The Labute approximate surface area is 131 Å². The summed E-state index contributed by atoms with van der Waals surface area (Å²) in [6, 6.07) is 5.01. The number of hydrogen-bond acceptors (Lipinski definition) is 6. The van der Waals surface area contributed by atoms with E-state index in [0.717, 1.165) is 42.5 Å². The number of rotatable bonds is 2. The normalized spacial score (nSPS) is 15.5. The molecule has 3 aromatic rings. The third-order valence-corrected chi connectivity index (χ3v) is 4.70. The van der Waals surface area contributed by atoms with Crippen LogP contribution in [0.1, 0.15) is 0 Å². The lowest BCUT2D eigenvalue weighted by Gasteiger charge is -2.35. The van der Waals surface area contributed by atoms with Gasteiger partial charge in [-0.15, -0.1) is 11.3 Å². The number of piperazine rings is 1. The molecule has 0 atom stereocenters. The number of aromatic nitrogens is 3. The van der Waals surface area contributed by atoms with Gasteiger partial charge in [-0.25, -0.2) is 19.3 Å². The van der Waals surface area contributed by atoms with Crippen molar-refractivity contribution in [3.63, 3.8) is 0 Å². The SMILES string of the molecule is Fc1cccc2c(N3CCN(c4nccs4)CC3)ncnc12. The summed E-state index contributed by atoms with van der Waals surface area (Å²) in [7, 11) is 0. The van der Waals surface area contributed by atoms with Crippen molar-refractivity contribution in [3.8, 4) is 0 Å².